The number of hydrogen-bond acceptors (Lipinski definition) is 6. The van der Waals surface area contributed by atoms with Crippen molar-refractivity contribution in [1.29, 1.82) is 0 Å². The predicted octanol–water partition coefficient (Wildman–Crippen LogP) is 2.59. The molecule has 0 aliphatic heterocycles. The molecule has 3 rings (SSSR count). The van der Waals surface area contributed by atoms with Crippen molar-refractivity contribution in [3.63, 3.8) is 0 Å². The maximum Gasteiger partial charge on any atom is 0.271 e. The first-order chi connectivity index (χ1) is 14.2. The van der Waals surface area contributed by atoms with Gasteiger partial charge in [-0.25, -0.2) is 8.42 Å². The number of rotatable bonds is 8. The number of sulfonamides is 1. The molecule has 3 aromatic rings. The average molecular weight is 444 g/mol. The minimum absolute atomic E-state index is 0.136. The second kappa shape index (κ2) is 8.68. The van der Waals surface area contributed by atoms with Crippen molar-refractivity contribution in [2.24, 2.45) is 0 Å². The Labute approximate surface area is 178 Å². The lowest BCUT2D eigenvalue weighted by Gasteiger charge is -2.30. The van der Waals surface area contributed by atoms with Gasteiger partial charge in [0, 0.05) is 11.8 Å². The molecule has 156 valence electrons. The lowest BCUT2D eigenvalue weighted by Crippen LogP contribution is -2.45. The first-order valence-electron chi connectivity index (χ1n) is 8.94. The van der Waals surface area contributed by atoms with Crippen LogP contribution in [0.2, 0.25) is 0 Å². The fraction of sp³-hybridized carbons (Fsp3) is 0.143. The fourth-order valence-electron chi connectivity index (χ4n) is 2.91. The quantitative estimate of drug-likeness (QED) is 0.555. The Morgan fingerprint density at radius 3 is 2.20 bits per heavy atom. The van der Waals surface area contributed by atoms with Crippen LogP contribution in [0.1, 0.15) is 18.9 Å². The van der Waals surface area contributed by atoms with E-state index in [1.165, 1.54) is 25.1 Å². The Kier molecular flexibility index (Phi) is 6.23. The van der Waals surface area contributed by atoms with Crippen molar-refractivity contribution in [2.75, 3.05) is 10.0 Å². The summed E-state index contributed by atoms with van der Waals surface area (Å²) in [5.74, 6) is -1.97. The van der Waals surface area contributed by atoms with Crippen molar-refractivity contribution in [3.05, 3.63) is 77.7 Å². The SMILES string of the molecule is C[C@](CC(=O)Nc1ccccc1NS(=O)(=O)c1cccs1)(C(=O)[O-])c1ccccc1. The molecule has 1 heterocycles. The Bertz CT molecular complexity index is 1150. The van der Waals surface area contributed by atoms with Gasteiger partial charge in [-0.3, -0.25) is 9.52 Å². The molecule has 1 aromatic heterocycles. The first kappa shape index (κ1) is 21.5. The zero-order chi connectivity index (χ0) is 21.8. The third-order valence-electron chi connectivity index (χ3n) is 4.58. The molecule has 0 fully saturated rings. The molecule has 9 heteroatoms. The number of anilines is 2. The van der Waals surface area contributed by atoms with Crippen LogP contribution in [0.3, 0.4) is 0 Å². The molecular formula is C21H19N2O5S2-. The summed E-state index contributed by atoms with van der Waals surface area (Å²) in [5, 5.41) is 16.1. The fourth-order valence-corrected chi connectivity index (χ4v) is 4.98. The molecule has 2 N–H and O–H groups in total. The highest BCUT2D eigenvalue weighted by atomic mass is 32.2. The molecule has 30 heavy (non-hydrogen) atoms. The molecule has 0 unspecified atom stereocenters. The van der Waals surface area contributed by atoms with Gasteiger partial charge in [0.1, 0.15) is 4.21 Å². The van der Waals surface area contributed by atoms with Crippen molar-refractivity contribution in [2.45, 2.75) is 23.0 Å². The summed E-state index contributed by atoms with van der Waals surface area (Å²) >= 11 is 1.07. The number of carboxylic acid groups (broad SMARTS) is 1. The van der Waals surface area contributed by atoms with Gasteiger partial charge in [-0.05, 0) is 36.1 Å². The first-order valence-corrected chi connectivity index (χ1v) is 11.3. The zero-order valence-corrected chi connectivity index (χ0v) is 17.6. The summed E-state index contributed by atoms with van der Waals surface area (Å²) in [6.07, 6.45) is -0.384. The van der Waals surface area contributed by atoms with Gasteiger partial charge in [-0.2, -0.15) is 0 Å². The molecule has 0 aliphatic rings. The predicted molar refractivity (Wildman–Crippen MR) is 114 cm³/mol. The number of aliphatic carboxylic acids is 1. The number of carbonyl (C=O) groups excluding carboxylic acids is 2. The summed E-state index contributed by atoms with van der Waals surface area (Å²) in [5.41, 5.74) is -0.714. The minimum Gasteiger partial charge on any atom is -0.549 e. The van der Waals surface area contributed by atoms with Crippen LogP contribution in [0.25, 0.3) is 0 Å². The molecule has 0 radical (unpaired) electrons. The number of thiophene rings is 1. The van der Waals surface area contributed by atoms with E-state index in [2.05, 4.69) is 10.0 Å². The highest BCUT2D eigenvalue weighted by Crippen LogP contribution is 2.30. The molecule has 0 saturated heterocycles. The van der Waals surface area contributed by atoms with Gasteiger partial charge in [0.05, 0.1) is 17.3 Å². The van der Waals surface area contributed by atoms with Gasteiger partial charge in [0.25, 0.3) is 10.0 Å². The van der Waals surface area contributed by atoms with Crippen LogP contribution in [-0.4, -0.2) is 20.3 Å². The number of carboxylic acids is 1. The van der Waals surface area contributed by atoms with Gasteiger partial charge in [0.2, 0.25) is 5.91 Å². The van der Waals surface area contributed by atoms with Crippen LogP contribution in [0, 0.1) is 0 Å². The summed E-state index contributed by atoms with van der Waals surface area (Å²) in [7, 11) is -3.81. The summed E-state index contributed by atoms with van der Waals surface area (Å²) in [6.45, 7) is 1.42. The van der Waals surface area contributed by atoms with Crippen LogP contribution < -0.4 is 15.1 Å². The van der Waals surface area contributed by atoms with E-state index >= 15 is 0 Å². The highest BCUT2D eigenvalue weighted by Gasteiger charge is 2.31. The Hall–Kier alpha value is -3.17. The number of benzene rings is 2. The van der Waals surface area contributed by atoms with Crippen molar-refractivity contribution >= 4 is 44.6 Å². The van der Waals surface area contributed by atoms with E-state index in [4.69, 9.17) is 0 Å². The minimum atomic E-state index is -3.81. The zero-order valence-electron chi connectivity index (χ0n) is 16.0. The van der Waals surface area contributed by atoms with Crippen molar-refractivity contribution in [1.82, 2.24) is 0 Å². The Morgan fingerprint density at radius 1 is 0.967 bits per heavy atom. The van der Waals surface area contributed by atoms with Gasteiger partial charge in [-0.15, -0.1) is 11.3 Å². The standard InChI is InChI=1S/C21H20N2O5S2/c1-21(20(25)26,15-8-3-2-4-9-15)14-18(24)22-16-10-5-6-11-17(16)23-30(27,28)19-12-7-13-29-19/h2-13,23H,14H2,1H3,(H,22,24)(H,25,26)/p-1/t21-/m1/s1. The maximum absolute atomic E-state index is 12.7. The van der Waals surface area contributed by atoms with Gasteiger partial charge >= 0.3 is 0 Å². The number of nitrogens with one attached hydrogen (secondary N) is 2. The molecule has 1 amide bonds. The van der Waals surface area contributed by atoms with Gasteiger partial charge in [-0.1, -0.05) is 48.5 Å². The highest BCUT2D eigenvalue weighted by molar-refractivity contribution is 7.94. The topological polar surface area (TPSA) is 115 Å². The van der Waals surface area contributed by atoms with Crippen molar-refractivity contribution in [3.8, 4) is 0 Å². The largest absolute Gasteiger partial charge is 0.549 e. The van der Waals surface area contributed by atoms with Crippen LogP contribution in [0.4, 0.5) is 11.4 Å². The van der Waals surface area contributed by atoms with E-state index < -0.39 is 27.3 Å². The molecule has 2 aromatic carbocycles. The van der Waals surface area contributed by atoms with Crippen LogP contribution in [0.15, 0.2) is 76.3 Å². The molecule has 0 spiro atoms. The van der Waals surface area contributed by atoms with Crippen LogP contribution in [0.5, 0.6) is 0 Å². The lowest BCUT2D eigenvalue weighted by atomic mass is 9.79. The Morgan fingerprint density at radius 2 is 1.60 bits per heavy atom. The molecule has 0 saturated carbocycles. The number of hydrogen-bond donors (Lipinski definition) is 2. The molecule has 1 atom stereocenters. The number of para-hydroxylation sites is 2. The molecule has 0 bridgehead atoms. The van der Waals surface area contributed by atoms with Crippen molar-refractivity contribution < 1.29 is 23.1 Å². The second-order valence-electron chi connectivity index (χ2n) is 6.79. The van der Waals surface area contributed by atoms with Gasteiger partial charge < -0.3 is 15.2 Å². The summed E-state index contributed by atoms with van der Waals surface area (Å²) in [6, 6.07) is 17.7. The average Bonchev–Trinajstić information content (AvgIpc) is 3.25. The second-order valence-corrected chi connectivity index (χ2v) is 9.65. The van der Waals surface area contributed by atoms with E-state index in [-0.39, 0.29) is 22.0 Å². The summed E-state index contributed by atoms with van der Waals surface area (Å²) < 4.78 is 27.6. The van der Waals surface area contributed by atoms with E-state index in [0.29, 0.717) is 5.56 Å². The van der Waals surface area contributed by atoms with Gasteiger partial charge in [0.15, 0.2) is 0 Å². The van der Waals surface area contributed by atoms with E-state index in [1.54, 1.807) is 53.9 Å². The third kappa shape index (κ3) is 4.69. The molecular weight excluding hydrogens is 424 g/mol. The number of carbonyl (C=O) groups is 2. The monoisotopic (exact) mass is 443 g/mol. The lowest BCUT2D eigenvalue weighted by molar-refractivity contribution is -0.313. The number of amides is 1. The summed E-state index contributed by atoms with van der Waals surface area (Å²) in [4.78, 5) is 24.5. The molecule has 0 aliphatic carbocycles. The normalized spacial score (nSPS) is 13.2. The van der Waals surface area contributed by atoms with E-state index in [1.807, 2.05) is 0 Å². The molecule has 7 nitrogen and oxygen atoms in total. The smallest absolute Gasteiger partial charge is 0.271 e. The van der Waals surface area contributed by atoms with Crippen LogP contribution >= 0.6 is 11.3 Å². The third-order valence-corrected chi connectivity index (χ3v) is 7.34. The maximum atomic E-state index is 12.7. The van der Waals surface area contributed by atoms with E-state index in [0.717, 1.165) is 11.3 Å². The Balaban J connectivity index is 1.81. The van der Waals surface area contributed by atoms with Crippen LogP contribution in [-0.2, 0) is 25.0 Å². The van der Waals surface area contributed by atoms with E-state index in [9.17, 15) is 23.1 Å².